The molecule has 0 spiro atoms. The van der Waals surface area contributed by atoms with Crippen LogP contribution in [-0.4, -0.2) is 6.29 Å². The largest absolute Gasteiger partial charge is 0.486 e. The third-order valence-corrected chi connectivity index (χ3v) is 2.66. The predicted octanol–water partition coefficient (Wildman–Crippen LogP) is 3.23. The van der Waals surface area contributed by atoms with Crippen LogP contribution in [0.3, 0.4) is 0 Å². The normalized spacial score (nSPS) is 9.85. The third-order valence-electron chi connectivity index (χ3n) is 2.66. The van der Waals surface area contributed by atoms with Crippen LogP contribution in [0.25, 0.3) is 0 Å². The van der Waals surface area contributed by atoms with Gasteiger partial charge >= 0.3 is 0 Å². The summed E-state index contributed by atoms with van der Waals surface area (Å²) < 4.78 is 31.9. The van der Waals surface area contributed by atoms with E-state index in [-0.39, 0.29) is 23.5 Å². The highest BCUT2D eigenvalue weighted by atomic mass is 19.1. The Kier molecular flexibility index (Phi) is 4.06. The summed E-state index contributed by atoms with van der Waals surface area (Å²) in [6.45, 7) is -0.141. The minimum absolute atomic E-state index is 0.0660. The lowest BCUT2D eigenvalue weighted by atomic mass is 10.1. The molecular weight excluding hydrogens is 264 g/mol. The fourth-order valence-corrected chi connectivity index (χ4v) is 1.65. The Morgan fingerprint density at radius 3 is 2.65 bits per heavy atom. The molecule has 0 heterocycles. The van der Waals surface area contributed by atoms with E-state index in [1.165, 1.54) is 24.3 Å². The second kappa shape index (κ2) is 5.93. The van der Waals surface area contributed by atoms with Crippen molar-refractivity contribution in [3.05, 3.63) is 64.7 Å². The summed E-state index contributed by atoms with van der Waals surface area (Å²) in [6.07, 6.45) is 0.521. The molecule has 0 radical (unpaired) electrons. The van der Waals surface area contributed by atoms with Crippen molar-refractivity contribution >= 4 is 6.29 Å². The Hall–Kier alpha value is -2.74. The molecule has 0 fully saturated rings. The Labute approximate surface area is 114 Å². The van der Waals surface area contributed by atoms with Crippen LogP contribution in [0.15, 0.2) is 36.4 Å². The second-order valence-electron chi connectivity index (χ2n) is 4.01. The molecule has 5 heteroatoms. The maximum atomic E-state index is 13.6. The van der Waals surface area contributed by atoms with Crippen molar-refractivity contribution in [2.75, 3.05) is 0 Å². The van der Waals surface area contributed by atoms with Gasteiger partial charge in [-0.25, -0.2) is 8.78 Å². The van der Waals surface area contributed by atoms with Crippen LogP contribution in [-0.2, 0) is 6.61 Å². The van der Waals surface area contributed by atoms with Crippen LogP contribution in [0.5, 0.6) is 5.75 Å². The van der Waals surface area contributed by atoms with Crippen LogP contribution in [0, 0.1) is 23.0 Å². The zero-order valence-electron chi connectivity index (χ0n) is 10.3. The van der Waals surface area contributed by atoms with Crippen LogP contribution < -0.4 is 4.74 Å². The number of hydrogen-bond donors (Lipinski definition) is 0. The molecule has 0 aliphatic carbocycles. The minimum atomic E-state index is -0.690. The van der Waals surface area contributed by atoms with Crippen molar-refractivity contribution in [2.45, 2.75) is 6.61 Å². The van der Waals surface area contributed by atoms with Gasteiger partial charge in [0.15, 0.2) is 11.6 Å². The molecule has 0 saturated heterocycles. The molecule has 0 aliphatic rings. The van der Waals surface area contributed by atoms with E-state index in [2.05, 4.69) is 0 Å². The molecule has 2 rings (SSSR count). The molecule has 100 valence electrons. The van der Waals surface area contributed by atoms with Gasteiger partial charge in [0.1, 0.15) is 18.7 Å². The van der Waals surface area contributed by atoms with Crippen LogP contribution in [0.4, 0.5) is 8.78 Å². The first kappa shape index (κ1) is 13.7. The first-order valence-electron chi connectivity index (χ1n) is 5.70. The zero-order valence-corrected chi connectivity index (χ0v) is 10.3. The summed E-state index contributed by atoms with van der Waals surface area (Å²) >= 11 is 0. The molecule has 2 aromatic carbocycles. The topological polar surface area (TPSA) is 50.1 Å². The van der Waals surface area contributed by atoms with Crippen molar-refractivity contribution < 1.29 is 18.3 Å². The van der Waals surface area contributed by atoms with Crippen molar-refractivity contribution in [1.82, 2.24) is 0 Å². The zero-order chi connectivity index (χ0) is 14.5. The van der Waals surface area contributed by atoms with E-state index in [9.17, 15) is 13.6 Å². The Morgan fingerprint density at radius 1 is 1.20 bits per heavy atom. The molecule has 3 nitrogen and oxygen atoms in total. The molecule has 2 aromatic rings. The number of aldehydes is 1. The number of ether oxygens (including phenoxy) is 1. The lowest BCUT2D eigenvalue weighted by Crippen LogP contribution is -2.01. The van der Waals surface area contributed by atoms with Gasteiger partial charge in [-0.1, -0.05) is 0 Å². The first-order chi connectivity index (χ1) is 9.63. The highest BCUT2D eigenvalue weighted by Gasteiger charge is 2.08. The average Bonchev–Trinajstić information content (AvgIpc) is 2.46. The van der Waals surface area contributed by atoms with Gasteiger partial charge in [0.05, 0.1) is 11.6 Å². The summed E-state index contributed by atoms with van der Waals surface area (Å²) in [6, 6.07) is 9.33. The van der Waals surface area contributed by atoms with E-state index in [4.69, 9.17) is 10.00 Å². The molecule has 0 N–H and O–H groups in total. The standard InChI is InChI=1S/C15H9F2NO2/c16-13-3-2-11(7-18)12(6-13)9-20-15-4-1-10(8-19)5-14(15)17/h1-6,8H,9H2. The number of benzene rings is 2. The highest BCUT2D eigenvalue weighted by Crippen LogP contribution is 2.20. The van der Waals surface area contributed by atoms with Crippen molar-refractivity contribution in [3.8, 4) is 11.8 Å². The monoisotopic (exact) mass is 273 g/mol. The molecule has 0 saturated carbocycles. The number of carbonyl (C=O) groups excluding carboxylic acids is 1. The number of rotatable bonds is 4. The Balaban J connectivity index is 2.19. The number of hydrogen-bond acceptors (Lipinski definition) is 3. The lowest BCUT2D eigenvalue weighted by Gasteiger charge is -2.09. The molecular formula is C15H9F2NO2. The molecule has 0 aliphatic heterocycles. The fraction of sp³-hybridized carbons (Fsp3) is 0.0667. The molecule has 0 unspecified atom stereocenters. The fourth-order valence-electron chi connectivity index (χ4n) is 1.65. The lowest BCUT2D eigenvalue weighted by molar-refractivity contribution is 0.112. The van der Waals surface area contributed by atoms with E-state index in [1.807, 2.05) is 6.07 Å². The Morgan fingerprint density at radius 2 is 2.00 bits per heavy atom. The van der Waals surface area contributed by atoms with Crippen molar-refractivity contribution in [1.29, 1.82) is 5.26 Å². The van der Waals surface area contributed by atoms with Gasteiger partial charge in [0.25, 0.3) is 0 Å². The van der Waals surface area contributed by atoms with Crippen LogP contribution in [0.1, 0.15) is 21.5 Å². The summed E-state index contributed by atoms with van der Waals surface area (Å²) in [4.78, 5) is 10.5. The quantitative estimate of drug-likeness (QED) is 0.803. The molecule has 20 heavy (non-hydrogen) atoms. The number of halogens is 2. The van der Waals surface area contributed by atoms with E-state index < -0.39 is 11.6 Å². The van der Waals surface area contributed by atoms with Gasteiger partial charge in [-0.15, -0.1) is 0 Å². The molecule has 0 bridgehead atoms. The average molecular weight is 273 g/mol. The highest BCUT2D eigenvalue weighted by molar-refractivity contribution is 5.74. The maximum absolute atomic E-state index is 13.6. The second-order valence-corrected chi connectivity index (χ2v) is 4.01. The smallest absolute Gasteiger partial charge is 0.165 e. The van der Waals surface area contributed by atoms with E-state index in [0.29, 0.717) is 11.8 Å². The molecule has 0 amide bonds. The summed E-state index contributed by atoms with van der Waals surface area (Å²) in [5.41, 5.74) is 0.779. The van der Waals surface area contributed by atoms with Crippen molar-refractivity contribution in [3.63, 3.8) is 0 Å². The first-order valence-corrected chi connectivity index (χ1v) is 5.70. The molecule has 0 aromatic heterocycles. The van der Waals surface area contributed by atoms with Gasteiger partial charge in [-0.2, -0.15) is 5.26 Å². The van der Waals surface area contributed by atoms with E-state index in [0.717, 1.165) is 12.1 Å². The number of nitrogens with zero attached hydrogens (tertiary/aromatic N) is 1. The SMILES string of the molecule is N#Cc1ccc(F)cc1COc1ccc(C=O)cc1F. The van der Waals surface area contributed by atoms with Gasteiger partial charge < -0.3 is 4.74 Å². The van der Waals surface area contributed by atoms with Gasteiger partial charge in [-0.05, 0) is 36.4 Å². The summed E-state index contributed by atoms with van der Waals surface area (Å²) in [5, 5.41) is 8.89. The van der Waals surface area contributed by atoms with Gasteiger partial charge in [0.2, 0.25) is 0 Å². The van der Waals surface area contributed by atoms with Crippen molar-refractivity contribution in [2.24, 2.45) is 0 Å². The van der Waals surface area contributed by atoms with Gasteiger partial charge in [0, 0.05) is 11.1 Å². The molecule has 0 atom stereocenters. The predicted molar refractivity (Wildman–Crippen MR) is 67.2 cm³/mol. The maximum Gasteiger partial charge on any atom is 0.165 e. The van der Waals surface area contributed by atoms with E-state index in [1.54, 1.807) is 0 Å². The summed E-state index contributed by atoms with van der Waals surface area (Å²) in [7, 11) is 0. The third kappa shape index (κ3) is 2.98. The Bertz CT molecular complexity index is 693. The minimum Gasteiger partial charge on any atom is -0.486 e. The van der Waals surface area contributed by atoms with Gasteiger partial charge in [-0.3, -0.25) is 4.79 Å². The summed E-state index contributed by atoms with van der Waals surface area (Å²) in [5.74, 6) is -1.26. The van der Waals surface area contributed by atoms with Crippen LogP contribution >= 0.6 is 0 Å². The van der Waals surface area contributed by atoms with E-state index >= 15 is 0 Å². The van der Waals surface area contributed by atoms with Crippen LogP contribution in [0.2, 0.25) is 0 Å². The number of nitriles is 1. The number of carbonyl (C=O) groups is 1.